The Bertz CT molecular complexity index is 1410. The molecule has 2 fully saturated rings. The van der Waals surface area contributed by atoms with Gasteiger partial charge in [0.2, 0.25) is 0 Å². The normalized spacial score (nSPS) is 22.2. The van der Waals surface area contributed by atoms with E-state index in [1.165, 1.54) is 4.57 Å². The molecule has 1 unspecified atom stereocenters. The van der Waals surface area contributed by atoms with Crippen molar-refractivity contribution in [2.45, 2.75) is 44.6 Å². The monoisotopic (exact) mass is 461 g/mol. The fraction of sp³-hybridized carbons (Fsp3) is 0.400. The van der Waals surface area contributed by atoms with Crippen LogP contribution in [-0.2, 0) is 24.0 Å². The summed E-state index contributed by atoms with van der Waals surface area (Å²) in [6.07, 6.45) is 3.42. The van der Waals surface area contributed by atoms with Crippen molar-refractivity contribution in [2.24, 2.45) is 11.8 Å². The molecule has 0 spiro atoms. The van der Waals surface area contributed by atoms with E-state index in [0.717, 1.165) is 12.8 Å². The fourth-order valence-corrected chi connectivity index (χ4v) is 5.06. The van der Waals surface area contributed by atoms with Gasteiger partial charge in [-0.25, -0.2) is 19.2 Å². The quantitative estimate of drug-likeness (QED) is 0.542. The number of nitrogens with zero attached hydrogens (tertiary/aromatic N) is 1. The highest BCUT2D eigenvalue weighted by molar-refractivity contribution is 5.97. The van der Waals surface area contributed by atoms with Gasteiger partial charge < -0.3 is 20.3 Å². The first-order valence-electron chi connectivity index (χ1n) is 11.2. The van der Waals surface area contributed by atoms with Gasteiger partial charge in [0.05, 0.1) is 12.0 Å². The van der Waals surface area contributed by atoms with Crippen molar-refractivity contribution in [3.63, 3.8) is 0 Å². The Morgan fingerprint density at radius 3 is 2.35 bits per heavy atom. The van der Waals surface area contributed by atoms with Crippen molar-refractivity contribution in [1.29, 1.82) is 0 Å². The maximum Gasteiger partial charge on any atom is 0.306 e. The number of fused-ring (bicyclic) bond motifs is 1. The van der Waals surface area contributed by atoms with Gasteiger partial charge in [0.1, 0.15) is 34.0 Å². The Hall–Kier alpha value is -4.11. The number of anilines is 1. The van der Waals surface area contributed by atoms with Crippen LogP contribution in [0.3, 0.4) is 0 Å². The van der Waals surface area contributed by atoms with Crippen LogP contribution >= 0.6 is 0 Å². The number of hydrogen-bond acceptors (Lipinski definition) is 7. The molecule has 2 heterocycles. The predicted molar refractivity (Wildman–Crippen MR) is 122 cm³/mol. The van der Waals surface area contributed by atoms with Crippen LogP contribution in [0, 0.1) is 11.8 Å². The van der Waals surface area contributed by atoms with Gasteiger partial charge in [-0.05, 0) is 44.1 Å². The van der Waals surface area contributed by atoms with E-state index in [0.29, 0.717) is 42.3 Å². The maximum absolute atomic E-state index is 12.1. The van der Waals surface area contributed by atoms with Gasteiger partial charge in [-0.2, -0.15) is 0 Å². The van der Waals surface area contributed by atoms with E-state index in [2.05, 4.69) is 10.6 Å². The molecule has 1 atom stereocenters. The molecule has 0 radical (unpaired) electrons. The number of carbonyl (C=O) groups excluding carboxylic acids is 4. The highest BCUT2D eigenvalue weighted by Crippen LogP contribution is 2.30. The summed E-state index contributed by atoms with van der Waals surface area (Å²) in [5.41, 5.74) is 0.877. The molecule has 1 aliphatic carbocycles. The number of hydrogen-bond donors (Lipinski definition) is 3. The first-order chi connectivity index (χ1) is 16.5. The standard InChI is InChI=1S/C25H23N3O6/c29-11-17-8-9-21(20(12-30)27-17)28-22(13-31)18-2-1-3-19(24(18)23(28)14-32)26-10-15-4-6-16(7-5-15)25(33)34/h1-3,15-16,21,26-27H,4-10H2,(H,33,34). The summed E-state index contributed by atoms with van der Waals surface area (Å²) in [6.45, 7) is 0.590. The summed E-state index contributed by atoms with van der Waals surface area (Å²) in [4.78, 5) is 57.9. The van der Waals surface area contributed by atoms with E-state index in [1.807, 2.05) is 11.9 Å². The summed E-state index contributed by atoms with van der Waals surface area (Å²) >= 11 is 0. The number of aromatic nitrogens is 1. The lowest BCUT2D eigenvalue weighted by atomic mass is 9.82. The van der Waals surface area contributed by atoms with Gasteiger partial charge in [0, 0.05) is 29.4 Å². The van der Waals surface area contributed by atoms with Gasteiger partial charge in [0.15, 0.2) is 11.9 Å². The number of nitrogens with one attached hydrogen (secondary N) is 2. The summed E-state index contributed by atoms with van der Waals surface area (Å²) in [5.74, 6) is 6.59. The Balaban J connectivity index is 1.72. The Kier molecular flexibility index (Phi) is 6.65. The molecule has 34 heavy (non-hydrogen) atoms. The third-order valence-corrected chi connectivity index (χ3v) is 6.84. The molecule has 1 aliphatic heterocycles. The molecule has 1 saturated carbocycles. The Morgan fingerprint density at radius 2 is 1.74 bits per heavy atom. The van der Waals surface area contributed by atoms with Crippen molar-refractivity contribution in [2.75, 3.05) is 11.9 Å². The van der Waals surface area contributed by atoms with Crippen molar-refractivity contribution in [1.82, 2.24) is 9.88 Å². The molecule has 4 rings (SSSR count). The largest absolute Gasteiger partial charge is 0.481 e. The minimum atomic E-state index is -0.752. The minimum absolute atomic E-state index is 0.0302. The molecule has 3 N–H and O–H groups in total. The molecule has 9 nitrogen and oxygen atoms in total. The molecule has 1 saturated heterocycles. The van der Waals surface area contributed by atoms with E-state index >= 15 is 0 Å². The number of carbonyl (C=O) groups is 1. The number of allylic oxidation sites excluding steroid dienone is 2. The van der Waals surface area contributed by atoms with Crippen molar-refractivity contribution in [3.8, 4) is 0 Å². The average molecular weight is 461 g/mol. The molecule has 174 valence electrons. The van der Waals surface area contributed by atoms with Gasteiger partial charge in [-0.1, -0.05) is 12.1 Å². The molecule has 1 aromatic carbocycles. The average Bonchev–Trinajstić information content (AvgIpc) is 3.20. The molecule has 2 aromatic rings. The zero-order valence-corrected chi connectivity index (χ0v) is 18.3. The number of rotatable bonds is 5. The molecule has 2 aliphatic rings. The van der Waals surface area contributed by atoms with Crippen LogP contribution in [0.25, 0.3) is 10.8 Å². The molecule has 0 amide bonds. The lowest BCUT2D eigenvalue weighted by Crippen LogP contribution is -2.39. The van der Waals surface area contributed by atoms with Gasteiger partial charge in [0.25, 0.3) is 0 Å². The fourth-order valence-electron chi connectivity index (χ4n) is 5.06. The van der Waals surface area contributed by atoms with Crippen molar-refractivity contribution in [3.05, 3.63) is 40.3 Å². The highest BCUT2D eigenvalue weighted by Gasteiger charge is 2.29. The topological polar surface area (TPSA) is 135 Å². The summed E-state index contributed by atoms with van der Waals surface area (Å²) in [5, 5.41) is 16.4. The van der Waals surface area contributed by atoms with Crippen molar-refractivity contribution >= 4 is 46.2 Å². The summed E-state index contributed by atoms with van der Waals surface area (Å²) in [6, 6.07) is 4.55. The third-order valence-electron chi connectivity index (χ3n) is 6.84. The highest BCUT2D eigenvalue weighted by atomic mass is 16.4. The van der Waals surface area contributed by atoms with Crippen LogP contribution in [0.15, 0.2) is 29.6 Å². The Morgan fingerprint density at radius 1 is 1.00 bits per heavy atom. The van der Waals surface area contributed by atoms with Crippen LogP contribution in [0.4, 0.5) is 5.69 Å². The number of aliphatic carboxylic acids is 1. The van der Waals surface area contributed by atoms with Crippen molar-refractivity contribution < 1.29 is 29.1 Å². The lowest BCUT2D eigenvalue weighted by Gasteiger charge is -2.26. The third kappa shape index (κ3) is 4.13. The van der Waals surface area contributed by atoms with E-state index in [9.17, 15) is 29.1 Å². The second-order valence-corrected chi connectivity index (χ2v) is 8.71. The van der Waals surface area contributed by atoms with Crippen LogP contribution in [0.5, 0.6) is 0 Å². The number of carboxylic acids is 1. The molecule has 1 aromatic heterocycles. The van der Waals surface area contributed by atoms with Crippen LogP contribution < -0.4 is 21.3 Å². The second kappa shape index (κ2) is 9.80. The first-order valence-corrected chi connectivity index (χ1v) is 11.2. The zero-order chi connectivity index (χ0) is 24.2. The van der Waals surface area contributed by atoms with E-state index in [4.69, 9.17) is 0 Å². The summed E-state index contributed by atoms with van der Waals surface area (Å²) < 4.78 is 1.43. The lowest BCUT2D eigenvalue weighted by molar-refractivity contribution is -0.143. The Labute approximate surface area is 194 Å². The first kappa shape index (κ1) is 23.1. The van der Waals surface area contributed by atoms with E-state index in [-0.39, 0.29) is 40.3 Å². The van der Waals surface area contributed by atoms with E-state index in [1.54, 1.807) is 30.1 Å². The molecule has 0 bridgehead atoms. The number of piperidine rings is 1. The van der Waals surface area contributed by atoms with Gasteiger partial charge in [-0.15, -0.1) is 0 Å². The number of benzene rings is 1. The van der Waals surface area contributed by atoms with Gasteiger partial charge in [-0.3, -0.25) is 4.79 Å². The summed E-state index contributed by atoms with van der Waals surface area (Å²) in [7, 11) is 0. The minimum Gasteiger partial charge on any atom is -0.481 e. The molecule has 9 heteroatoms. The zero-order valence-electron chi connectivity index (χ0n) is 18.3. The predicted octanol–water partition coefficient (Wildman–Crippen LogP) is 0.306. The van der Waals surface area contributed by atoms with Gasteiger partial charge >= 0.3 is 5.97 Å². The van der Waals surface area contributed by atoms with E-state index < -0.39 is 12.0 Å². The van der Waals surface area contributed by atoms with Crippen LogP contribution in [-0.4, -0.2) is 46.0 Å². The van der Waals surface area contributed by atoms with Crippen LogP contribution in [0.1, 0.15) is 44.6 Å². The SMILES string of the molecule is O=C=C1CCC(n2c(=C=O)c3cccc(NCC4CCC(C(=O)O)CC4)c3c2=C=O)C(=C=O)N1. The molecular formula is C25H23N3O6. The second-order valence-electron chi connectivity index (χ2n) is 8.71. The number of carboxylic acid groups (broad SMARTS) is 1. The smallest absolute Gasteiger partial charge is 0.306 e. The maximum atomic E-state index is 12.1. The van der Waals surface area contributed by atoms with Crippen LogP contribution in [0.2, 0.25) is 0 Å². The molecular weight excluding hydrogens is 438 g/mol.